The summed E-state index contributed by atoms with van der Waals surface area (Å²) >= 11 is 3.28. The van der Waals surface area contributed by atoms with Crippen molar-refractivity contribution in [1.29, 1.82) is 0 Å². The minimum absolute atomic E-state index is 0.268. The van der Waals surface area contributed by atoms with Crippen LogP contribution in [0.3, 0.4) is 0 Å². The fourth-order valence-corrected chi connectivity index (χ4v) is 1.85. The molecule has 1 N–H and O–H groups in total. The van der Waals surface area contributed by atoms with Crippen LogP contribution in [-0.2, 0) is 6.42 Å². The molecule has 0 amide bonds. The van der Waals surface area contributed by atoms with E-state index >= 15 is 0 Å². The lowest BCUT2D eigenvalue weighted by Gasteiger charge is -2.16. The van der Waals surface area contributed by atoms with Crippen molar-refractivity contribution in [1.82, 2.24) is 4.90 Å². The minimum Gasteiger partial charge on any atom is -0.391 e. The third kappa shape index (κ3) is 4.28. The van der Waals surface area contributed by atoms with Gasteiger partial charge in [0.05, 0.1) is 6.10 Å². The Labute approximate surface area is 97.8 Å². The van der Waals surface area contributed by atoms with Gasteiger partial charge in [0, 0.05) is 17.4 Å². The minimum atomic E-state index is -0.538. The number of hydrogen-bond acceptors (Lipinski definition) is 2. The van der Waals surface area contributed by atoms with Crippen LogP contribution < -0.4 is 0 Å². The van der Waals surface area contributed by atoms with Gasteiger partial charge in [-0.2, -0.15) is 0 Å². The summed E-state index contributed by atoms with van der Waals surface area (Å²) in [5.74, 6) is -0.268. The van der Waals surface area contributed by atoms with Gasteiger partial charge in [0.1, 0.15) is 5.82 Å². The molecule has 0 aromatic heterocycles. The summed E-state index contributed by atoms with van der Waals surface area (Å²) in [4.78, 5) is 1.88. The van der Waals surface area contributed by atoms with Crippen LogP contribution in [0.4, 0.5) is 4.39 Å². The molecule has 15 heavy (non-hydrogen) atoms. The first-order chi connectivity index (χ1) is 6.99. The first-order valence-electron chi connectivity index (χ1n) is 4.75. The zero-order chi connectivity index (χ0) is 11.4. The van der Waals surface area contributed by atoms with Crippen molar-refractivity contribution in [2.45, 2.75) is 12.5 Å². The van der Waals surface area contributed by atoms with Crippen LogP contribution in [0.15, 0.2) is 22.7 Å². The Bertz CT molecular complexity index is 330. The monoisotopic (exact) mass is 275 g/mol. The summed E-state index contributed by atoms with van der Waals surface area (Å²) in [6.07, 6.45) is -0.201. The van der Waals surface area contributed by atoms with E-state index in [9.17, 15) is 9.50 Å². The first-order valence-corrected chi connectivity index (χ1v) is 5.55. The van der Waals surface area contributed by atoms with Gasteiger partial charge < -0.3 is 10.0 Å². The molecule has 0 radical (unpaired) electrons. The van der Waals surface area contributed by atoms with Gasteiger partial charge in [-0.15, -0.1) is 0 Å². The lowest BCUT2D eigenvalue weighted by atomic mass is 10.1. The Morgan fingerprint density at radius 2 is 2.13 bits per heavy atom. The number of benzene rings is 1. The number of hydrogen-bond donors (Lipinski definition) is 1. The molecular formula is C11H15BrFNO. The molecular weight excluding hydrogens is 261 g/mol. The van der Waals surface area contributed by atoms with Gasteiger partial charge in [0.15, 0.2) is 0 Å². The summed E-state index contributed by atoms with van der Waals surface area (Å²) in [5.41, 5.74) is 0.540. The predicted octanol–water partition coefficient (Wildman–Crippen LogP) is 2.05. The second-order valence-corrected chi connectivity index (χ2v) is 4.77. The molecule has 0 aliphatic rings. The molecule has 1 aromatic rings. The van der Waals surface area contributed by atoms with Crippen LogP contribution in [0, 0.1) is 5.82 Å². The van der Waals surface area contributed by atoms with Crippen LogP contribution in [-0.4, -0.2) is 36.8 Å². The van der Waals surface area contributed by atoms with Crippen molar-refractivity contribution >= 4 is 15.9 Å². The molecule has 0 fully saturated rings. The lowest BCUT2D eigenvalue weighted by Crippen LogP contribution is -2.27. The van der Waals surface area contributed by atoms with Gasteiger partial charge in [0.25, 0.3) is 0 Å². The number of nitrogens with zero attached hydrogens (tertiary/aromatic N) is 1. The molecule has 0 bridgehead atoms. The smallest absolute Gasteiger partial charge is 0.126 e. The van der Waals surface area contributed by atoms with Gasteiger partial charge in [-0.1, -0.05) is 15.9 Å². The van der Waals surface area contributed by atoms with Gasteiger partial charge in [-0.05, 0) is 37.9 Å². The number of aliphatic hydroxyl groups is 1. The zero-order valence-electron chi connectivity index (χ0n) is 8.87. The van der Waals surface area contributed by atoms with Gasteiger partial charge >= 0.3 is 0 Å². The second-order valence-electron chi connectivity index (χ2n) is 3.86. The van der Waals surface area contributed by atoms with Crippen LogP contribution >= 0.6 is 15.9 Å². The van der Waals surface area contributed by atoms with E-state index in [0.29, 0.717) is 18.5 Å². The largest absolute Gasteiger partial charge is 0.391 e. The third-order valence-corrected chi connectivity index (χ3v) is 2.53. The lowest BCUT2D eigenvalue weighted by molar-refractivity contribution is 0.136. The van der Waals surface area contributed by atoms with Crippen molar-refractivity contribution in [2.75, 3.05) is 20.6 Å². The maximum absolute atomic E-state index is 13.3. The third-order valence-electron chi connectivity index (χ3n) is 2.04. The van der Waals surface area contributed by atoms with E-state index in [2.05, 4.69) is 15.9 Å². The number of halogens is 2. The van der Waals surface area contributed by atoms with E-state index < -0.39 is 6.10 Å². The SMILES string of the molecule is CN(C)CC(O)Cc1cc(Br)ccc1F. The summed E-state index contributed by atoms with van der Waals surface area (Å²) in [6.45, 7) is 0.534. The zero-order valence-corrected chi connectivity index (χ0v) is 10.5. The highest BCUT2D eigenvalue weighted by molar-refractivity contribution is 9.10. The van der Waals surface area contributed by atoms with Crippen molar-refractivity contribution in [3.8, 4) is 0 Å². The summed E-state index contributed by atoms with van der Waals surface area (Å²) in [7, 11) is 3.75. The maximum atomic E-state index is 13.3. The fraction of sp³-hybridized carbons (Fsp3) is 0.455. The van der Waals surface area contributed by atoms with Gasteiger partial charge in [-0.25, -0.2) is 4.39 Å². The Balaban J connectivity index is 2.67. The van der Waals surface area contributed by atoms with Crippen LogP contribution in [0.25, 0.3) is 0 Å². The quantitative estimate of drug-likeness (QED) is 0.909. The number of aliphatic hydroxyl groups excluding tert-OH is 1. The van der Waals surface area contributed by atoms with Crippen LogP contribution in [0.5, 0.6) is 0 Å². The second kappa shape index (κ2) is 5.58. The molecule has 0 spiro atoms. The number of rotatable bonds is 4. The Kier molecular flexibility index (Phi) is 4.70. The highest BCUT2D eigenvalue weighted by Gasteiger charge is 2.10. The van der Waals surface area contributed by atoms with E-state index in [0.717, 1.165) is 4.47 Å². The first kappa shape index (κ1) is 12.6. The van der Waals surface area contributed by atoms with Gasteiger partial charge in [-0.3, -0.25) is 0 Å². The molecule has 4 heteroatoms. The molecule has 0 saturated carbocycles. The Hall–Kier alpha value is -0.450. The molecule has 0 aliphatic carbocycles. The molecule has 0 saturated heterocycles. The Morgan fingerprint density at radius 3 is 2.73 bits per heavy atom. The van der Waals surface area contributed by atoms with Crippen LogP contribution in [0.2, 0.25) is 0 Å². The maximum Gasteiger partial charge on any atom is 0.126 e. The van der Waals surface area contributed by atoms with Crippen molar-refractivity contribution in [2.24, 2.45) is 0 Å². The van der Waals surface area contributed by atoms with E-state index in [1.807, 2.05) is 19.0 Å². The Morgan fingerprint density at radius 1 is 1.47 bits per heavy atom. The van der Waals surface area contributed by atoms with E-state index in [4.69, 9.17) is 0 Å². The molecule has 0 heterocycles. The van der Waals surface area contributed by atoms with Gasteiger partial charge in [0.2, 0.25) is 0 Å². The molecule has 2 nitrogen and oxygen atoms in total. The normalized spacial score (nSPS) is 13.2. The van der Waals surface area contributed by atoms with E-state index in [-0.39, 0.29) is 5.82 Å². The molecule has 1 aromatic carbocycles. The summed E-state index contributed by atoms with van der Waals surface area (Å²) < 4.78 is 14.2. The summed E-state index contributed by atoms with van der Waals surface area (Å²) in [6, 6.07) is 4.76. The molecule has 0 aliphatic heterocycles. The molecule has 1 atom stereocenters. The highest BCUT2D eigenvalue weighted by atomic mass is 79.9. The summed E-state index contributed by atoms with van der Waals surface area (Å²) in [5, 5.41) is 9.66. The van der Waals surface area contributed by atoms with Crippen molar-refractivity contribution < 1.29 is 9.50 Å². The number of likely N-dealkylation sites (N-methyl/N-ethyl adjacent to an activating group) is 1. The topological polar surface area (TPSA) is 23.5 Å². The van der Waals surface area contributed by atoms with Crippen LogP contribution in [0.1, 0.15) is 5.56 Å². The molecule has 1 rings (SSSR count). The average molecular weight is 276 g/mol. The average Bonchev–Trinajstić information content (AvgIpc) is 2.10. The van der Waals surface area contributed by atoms with Crippen molar-refractivity contribution in [3.63, 3.8) is 0 Å². The van der Waals surface area contributed by atoms with Crippen molar-refractivity contribution in [3.05, 3.63) is 34.1 Å². The fourth-order valence-electron chi connectivity index (χ4n) is 1.44. The molecule has 84 valence electrons. The van der Waals surface area contributed by atoms with E-state index in [1.54, 1.807) is 12.1 Å². The molecule has 1 unspecified atom stereocenters. The standard InChI is InChI=1S/C11H15BrFNO/c1-14(2)7-10(15)6-8-5-9(12)3-4-11(8)13/h3-5,10,15H,6-7H2,1-2H3. The van der Waals surface area contributed by atoms with E-state index in [1.165, 1.54) is 6.07 Å². The highest BCUT2D eigenvalue weighted by Crippen LogP contribution is 2.17. The predicted molar refractivity (Wildman–Crippen MR) is 62.4 cm³/mol.